The van der Waals surface area contributed by atoms with Crippen LogP contribution in [-0.4, -0.2) is 6.04 Å². The molecule has 3 atom stereocenters. The van der Waals surface area contributed by atoms with Gasteiger partial charge in [0.1, 0.15) is 22.3 Å². The van der Waals surface area contributed by atoms with Crippen LogP contribution in [0.4, 0.5) is 11.4 Å². The summed E-state index contributed by atoms with van der Waals surface area (Å²) in [5.41, 5.74) is 19.4. The fourth-order valence-corrected chi connectivity index (χ4v) is 10.8. The van der Waals surface area contributed by atoms with Gasteiger partial charge in [-0.25, -0.2) is 0 Å². The van der Waals surface area contributed by atoms with E-state index in [0.29, 0.717) is 0 Å². The molecule has 8 aromatic carbocycles. The average molecular weight is 770 g/mol. The molecule has 3 nitrogen and oxygen atoms in total. The highest BCUT2D eigenvalue weighted by Gasteiger charge is 2.44. The summed E-state index contributed by atoms with van der Waals surface area (Å²) < 4.78 is 12.7. The van der Waals surface area contributed by atoms with E-state index in [1.165, 1.54) is 77.8 Å². The van der Waals surface area contributed by atoms with Crippen molar-refractivity contribution >= 4 is 60.8 Å². The molecule has 1 aliphatic heterocycles. The van der Waals surface area contributed by atoms with Crippen molar-refractivity contribution in [3.05, 3.63) is 222 Å². The zero-order valence-corrected chi connectivity index (χ0v) is 32.9. The minimum absolute atomic E-state index is 0.119. The average Bonchev–Trinajstić information content (AvgIpc) is 3.95. The molecule has 60 heavy (non-hydrogen) atoms. The standard InChI is InChI=1S/C57H39NO2/c1-2-11-35(12-3-1)36-13-10-14-41(32-36)58-50-18-7-4-17-48(50)57-51(58)29-28-47-42(40-23-27-46-44-15-5-8-19-52(44)60-55(46)34-40)25-22-39-31-37(21-26-43(39)56(47)57)38-24-30-54-49(33-38)45-16-6-9-20-53(45)59-54/h1-21,23-24,26-34,42,51,57H,22,25H2. The van der Waals surface area contributed by atoms with Gasteiger partial charge in [0.2, 0.25) is 0 Å². The number of rotatable bonds is 4. The Morgan fingerprint density at radius 2 is 1.17 bits per heavy atom. The molecule has 13 rings (SSSR count). The van der Waals surface area contributed by atoms with Crippen LogP contribution < -0.4 is 4.90 Å². The molecule has 0 amide bonds. The lowest BCUT2D eigenvalue weighted by Gasteiger charge is -2.35. The van der Waals surface area contributed by atoms with E-state index in [1.54, 1.807) is 0 Å². The molecule has 0 radical (unpaired) electrons. The SMILES string of the molecule is C1=CC2C(C3=C1C(c1ccc4c(c1)oc1ccccc14)CCc1cc(-c4ccc5oc6ccccc6c5c4)ccc13)c1ccccc1N2c1cccc(-c2ccccc2)c1. The number of benzene rings is 8. The molecule has 3 unspecified atom stereocenters. The van der Waals surface area contributed by atoms with Crippen LogP contribution >= 0.6 is 0 Å². The topological polar surface area (TPSA) is 29.5 Å². The number of allylic oxidation sites excluding steroid dienone is 2. The molecule has 10 aromatic rings. The van der Waals surface area contributed by atoms with E-state index >= 15 is 0 Å². The van der Waals surface area contributed by atoms with Crippen molar-refractivity contribution in [3.63, 3.8) is 0 Å². The molecule has 2 aromatic heterocycles. The van der Waals surface area contributed by atoms with Crippen molar-refractivity contribution in [2.45, 2.75) is 30.7 Å². The van der Waals surface area contributed by atoms with Crippen LogP contribution in [0.5, 0.6) is 0 Å². The highest BCUT2D eigenvalue weighted by atomic mass is 16.3. The molecular weight excluding hydrogens is 731 g/mol. The van der Waals surface area contributed by atoms with Crippen LogP contribution in [0.2, 0.25) is 0 Å². The van der Waals surface area contributed by atoms with E-state index in [1.807, 2.05) is 6.07 Å². The molecule has 3 heterocycles. The first-order valence-electron chi connectivity index (χ1n) is 21.2. The molecule has 0 bridgehead atoms. The van der Waals surface area contributed by atoms with Gasteiger partial charge in [-0.1, -0.05) is 146 Å². The fraction of sp³-hybridized carbons (Fsp3) is 0.0877. The molecule has 0 spiro atoms. The van der Waals surface area contributed by atoms with Crippen molar-refractivity contribution in [1.29, 1.82) is 0 Å². The first-order chi connectivity index (χ1) is 29.7. The van der Waals surface area contributed by atoms with E-state index < -0.39 is 0 Å². The minimum Gasteiger partial charge on any atom is -0.456 e. The summed E-state index contributed by atoms with van der Waals surface area (Å²) in [6.45, 7) is 0. The molecule has 0 N–H and O–H groups in total. The van der Waals surface area contributed by atoms with Gasteiger partial charge in [-0.05, 0) is 117 Å². The summed E-state index contributed by atoms with van der Waals surface area (Å²) in [6.07, 6.45) is 6.93. The summed E-state index contributed by atoms with van der Waals surface area (Å²) in [6, 6.07) is 66.6. The number of para-hydroxylation sites is 3. The number of fused-ring (bicyclic) bond motifs is 12. The van der Waals surface area contributed by atoms with Crippen LogP contribution in [-0.2, 0) is 6.42 Å². The molecule has 0 saturated carbocycles. The number of aryl methyl sites for hydroxylation is 1. The Labute approximate surface area is 348 Å². The van der Waals surface area contributed by atoms with E-state index in [2.05, 4.69) is 193 Å². The number of anilines is 2. The number of nitrogens with zero attached hydrogens (tertiary/aromatic N) is 1. The predicted octanol–water partition coefficient (Wildman–Crippen LogP) is 15.2. The van der Waals surface area contributed by atoms with Crippen molar-refractivity contribution in [2.75, 3.05) is 4.90 Å². The van der Waals surface area contributed by atoms with E-state index in [4.69, 9.17) is 8.83 Å². The summed E-state index contributed by atoms with van der Waals surface area (Å²) in [5.74, 6) is 0.345. The third kappa shape index (κ3) is 5.09. The number of furan rings is 2. The first-order valence-corrected chi connectivity index (χ1v) is 21.2. The second kappa shape index (κ2) is 13.1. The lowest BCUT2D eigenvalue weighted by Crippen LogP contribution is -2.31. The molecule has 3 aliphatic rings. The van der Waals surface area contributed by atoms with Crippen LogP contribution in [0, 0.1) is 0 Å². The van der Waals surface area contributed by atoms with Gasteiger partial charge < -0.3 is 13.7 Å². The largest absolute Gasteiger partial charge is 0.456 e. The summed E-state index contributed by atoms with van der Waals surface area (Å²) >= 11 is 0. The molecule has 3 heteroatoms. The molecule has 2 aliphatic carbocycles. The van der Waals surface area contributed by atoms with E-state index in [-0.39, 0.29) is 17.9 Å². The highest BCUT2D eigenvalue weighted by molar-refractivity contribution is 6.07. The third-order valence-electron chi connectivity index (χ3n) is 13.5. The zero-order chi connectivity index (χ0) is 39.3. The monoisotopic (exact) mass is 769 g/mol. The Morgan fingerprint density at radius 1 is 0.483 bits per heavy atom. The van der Waals surface area contributed by atoms with E-state index in [9.17, 15) is 0 Å². The van der Waals surface area contributed by atoms with Crippen LogP contribution in [0.25, 0.3) is 71.7 Å². The highest BCUT2D eigenvalue weighted by Crippen LogP contribution is 2.57. The summed E-state index contributed by atoms with van der Waals surface area (Å²) in [4.78, 5) is 2.59. The van der Waals surface area contributed by atoms with Crippen LogP contribution in [0.15, 0.2) is 209 Å². The first kappa shape index (κ1) is 33.6. The summed E-state index contributed by atoms with van der Waals surface area (Å²) in [7, 11) is 0. The molecular formula is C57H39NO2. The lowest BCUT2D eigenvalue weighted by atomic mass is 9.73. The minimum atomic E-state index is 0.119. The second-order valence-corrected chi connectivity index (χ2v) is 16.7. The maximum absolute atomic E-state index is 6.50. The molecule has 284 valence electrons. The van der Waals surface area contributed by atoms with Crippen molar-refractivity contribution in [3.8, 4) is 22.3 Å². The number of hydrogen-bond donors (Lipinski definition) is 0. The quantitative estimate of drug-likeness (QED) is 0.179. The smallest absolute Gasteiger partial charge is 0.135 e. The van der Waals surface area contributed by atoms with Gasteiger partial charge >= 0.3 is 0 Å². The Balaban J connectivity index is 0.984. The Morgan fingerprint density at radius 3 is 2.05 bits per heavy atom. The Kier molecular flexibility index (Phi) is 7.32. The van der Waals surface area contributed by atoms with Crippen LogP contribution in [0.1, 0.15) is 40.5 Å². The van der Waals surface area contributed by atoms with Crippen molar-refractivity contribution in [1.82, 2.24) is 0 Å². The van der Waals surface area contributed by atoms with Crippen molar-refractivity contribution < 1.29 is 8.83 Å². The van der Waals surface area contributed by atoms with Gasteiger partial charge in [0.05, 0.1) is 6.04 Å². The Hall–Kier alpha value is -7.36. The van der Waals surface area contributed by atoms with Gasteiger partial charge in [0.25, 0.3) is 0 Å². The van der Waals surface area contributed by atoms with Gasteiger partial charge in [-0.3, -0.25) is 0 Å². The summed E-state index contributed by atoms with van der Waals surface area (Å²) in [5, 5.41) is 4.65. The lowest BCUT2D eigenvalue weighted by molar-refractivity contribution is 0.664. The molecule has 0 saturated heterocycles. The van der Waals surface area contributed by atoms with Gasteiger partial charge in [0, 0.05) is 44.8 Å². The van der Waals surface area contributed by atoms with Gasteiger partial charge in [0.15, 0.2) is 0 Å². The van der Waals surface area contributed by atoms with Gasteiger partial charge in [-0.15, -0.1) is 0 Å². The van der Waals surface area contributed by atoms with E-state index in [0.717, 1.165) is 45.9 Å². The molecule has 0 fully saturated rings. The second-order valence-electron chi connectivity index (χ2n) is 16.7. The van der Waals surface area contributed by atoms with Gasteiger partial charge in [-0.2, -0.15) is 0 Å². The maximum atomic E-state index is 6.50. The third-order valence-corrected chi connectivity index (χ3v) is 13.5. The number of hydrogen-bond acceptors (Lipinski definition) is 3. The fourth-order valence-electron chi connectivity index (χ4n) is 10.8. The zero-order valence-electron chi connectivity index (χ0n) is 32.9. The van der Waals surface area contributed by atoms with Crippen molar-refractivity contribution in [2.24, 2.45) is 0 Å². The van der Waals surface area contributed by atoms with Crippen LogP contribution in [0.3, 0.4) is 0 Å². The normalized spacial score (nSPS) is 18.2. The predicted molar refractivity (Wildman–Crippen MR) is 247 cm³/mol. The maximum Gasteiger partial charge on any atom is 0.135 e. The Bertz CT molecular complexity index is 3420.